The summed E-state index contributed by atoms with van der Waals surface area (Å²) in [5.74, 6) is -0.581. The van der Waals surface area contributed by atoms with E-state index in [0.29, 0.717) is 37.6 Å². The van der Waals surface area contributed by atoms with Crippen molar-refractivity contribution in [2.45, 2.75) is 45.6 Å². The number of hydrogen-bond donors (Lipinski definition) is 1. The highest BCUT2D eigenvalue weighted by molar-refractivity contribution is 5.94. The van der Waals surface area contributed by atoms with Gasteiger partial charge in [0.05, 0.1) is 0 Å². The molecular weight excluding hydrogens is 425 g/mol. The molecule has 1 aromatic carbocycles. The minimum Gasteiger partial charge on any atom is -0.444 e. The lowest BCUT2D eigenvalue weighted by Gasteiger charge is -2.35. The largest absolute Gasteiger partial charge is 0.444 e. The minimum atomic E-state index is -0.502. The highest BCUT2D eigenvalue weighted by Crippen LogP contribution is 2.28. The maximum absolute atomic E-state index is 14.3. The quantitative estimate of drug-likeness (QED) is 0.747. The highest BCUT2D eigenvalue weighted by atomic mass is 19.1. The molecule has 8 nitrogen and oxygen atoms in total. The molecular formula is C24H32FN5O3. The lowest BCUT2D eigenvalue weighted by Crippen LogP contribution is -2.51. The van der Waals surface area contributed by atoms with Crippen molar-refractivity contribution in [1.29, 1.82) is 0 Å². The summed E-state index contributed by atoms with van der Waals surface area (Å²) in [5.41, 5.74) is 2.10. The van der Waals surface area contributed by atoms with Crippen LogP contribution in [0.2, 0.25) is 0 Å². The molecule has 178 valence electrons. The predicted molar refractivity (Wildman–Crippen MR) is 122 cm³/mol. The van der Waals surface area contributed by atoms with Crippen LogP contribution in [-0.2, 0) is 17.6 Å². The topological polar surface area (TPSA) is 79.7 Å². The Balaban J connectivity index is 1.31. The van der Waals surface area contributed by atoms with Crippen LogP contribution in [-0.4, -0.2) is 76.5 Å². The number of fused-ring (bicyclic) bond motifs is 1. The van der Waals surface area contributed by atoms with Gasteiger partial charge in [-0.05, 0) is 52.2 Å². The van der Waals surface area contributed by atoms with E-state index in [9.17, 15) is 14.0 Å². The van der Waals surface area contributed by atoms with Gasteiger partial charge in [0.25, 0.3) is 5.91 Å². The number of benzene rings is 1. The number of carbonyl (C=O) groups excluding carboxylic acids is 2. The molecule has 2 amide bonds. The minimum absolute atomic E-state index is 0.226. The van der Waals surface area contributed by atoms with Crippen molar-refractivity contribution >= 4 is 12.0 Å². The van der Waals surface area contributed by atoms with Gasteiger partial charge in [0.15, 0.2) is 5.69 Å². The lowest BCUT2D eigenvalue weighted by atomic mass is 10.2. The van der Waals surface area contributed by atoms with Gasteiger partial charge in [0.2, 0.25) is 0 Å². The molecule has 2 aliphatic rings. The average Bonchev–Trinajstić information content (AvgIpc) is 3.36. The van der Waals surface area contributed by atoms with Gasteiger partial charge in [-0.2, -0.15) is 5.10 Å². The second-order valence-corrected chi connectivity index (χ2v) is 9.56. The Labute approximate surface area is 193 Å². The summed E-state index contributed by atoms with van der Waals surface area (Å²) in [6.45, 7) is 9.40. The first-order valence-electron chi connectivity index (χ1n) is 11.6. The summed E-state index contributed by atoms with van der Waals surface area (Å²) >= 11 is 0. The second kappa shape index (κ2) is 9.51. The lowest BCUT2D eigenvalue weighted by molar-refractivity contribution is 0.0147. The van der Waals surface area contributed by atoms with Crippen molar-refractivity contribution < 1.29 is 18.7 Å². The first kappa shape index (κ1) is 23.2. The number of aromatic nitrogens is 2. The van der Waals surface area contributed by atoms with Crippen LogP contribution in [0.1, 0.15) is 48.9 Å². The van der Waals surface area contributed by atoms with Crippen LogP contribution in [0, 0.1) is 5.82 Å². The monoisotopic (exact) mass is 457 g/mol. The molecule has 9 heteroatoms. The number of carbonyl (C=O) groups is 2. The third-order valence-corrected chi connectivity index (χ3v) is 5.96. The molecule has 2 aromatic rings. The Kier molecular flexibility index (Phi) is 6.69. The zero-order chi connectivity index (χ0) is 23.6. The Hall–Kier alpha value is -2.94. The van der Waals surface area contributed by atoms with E-state index in [1.54, 1.807) is 27.8 Å². The summed E-state index contributed by atoms with van der Waals surface area (Å²) in [5, 5.41) is 7.44. The van der Waals surface area contributed by atoms with Crippen molar-refractivity contribution in [1.82, 2.24) is 24.9 Å². The summed E-state index contributed by atoms with van der Waals surface area (Å²) in [7, 11) is 0. The van der Waals surface area contributed by atoms with Crippen LogP contribution in [0.25, 0.3) is 5.69 Å². The number of halogens is 1. The van der Waals surface area contributed by atoms with Crippen LogP contribution in [0.15, 0.2) is 24.3 Å². The van der Waals surface area contributed by atoms with Gasteiger partial charge in [-0.3, -0.25) is 9.69 Å². The molecule has 1 aromatic heterocycles. The van der Waals surface area contributed by atoms with E-state index in [1.165, 1.54) is 6.07 Å². The molecule has 2 heterocycles. The summed E-state index contributed by atoms with van der Waals surface area (Å²) in [4.78, 5) is 29.0. The van der Waals surface area contributed by atoms with Crippen molar-refractivity contribution in [2.75, 3.05) is 39.3 Å². The fraction of sp³-hybridized carbons (Fsp3) is 0.542. The maximum Gasteiger partial charge on any atom is 0.410 e. The summed E-state index contributed by atoms with van der Waals surface area (Å²) in [6.07, 6.45) is 2.21. The number of amides is 2. The van der Waals surface area contributed by atoms with Gasteiger partial charge >= 0.3 is 6.09 Å². The number of ether oxygens (including phenoxy) is 1. The number of para-hydroxylation sites is 1. The zero-order valence-corrected chi connectivity index (χ0v) is 19.6. The van der Waals surface area contributed by atoms with Crippen LogP contribution >= 0.6 is 0 Å². The van der Waals surface area contributed by atoms with Crippen LogP contribution in [0.5, 0.6) is 0 Å². The number of hydrogen-bond acceptors (Lipinski definition) is 5. The Bertz CT molecular complexity index is 1020. The van der Waals surface area contributed by atoms with Crippen LogP contribution < -0.4 is 5.32 Å². The standard InChI is InChI=1S/C24H32FN5O3/c1-24(2,3)33-23(32)29-15-13-28(14-16-29)12-11-26-22(31)21-17-7-6-10-19(17)30(27-21)20-9-5-4-8-18(20)25/h4-5,8-9H,6-7,10-16H2,1-3H3,(H,26,31). The van der Waals surface area contributed by atoms with E-state index in [2.05, 4.69) is 15.3 Å². The van der Waals surface area contributed by atoms with Crippen LogP contribution in [0.3, 0.4) is 0 Å². The van der Waals surface area contributed by atoms with Gasteiger partial charge in [-0.1, -0.05) is 12.1 Å². The summed E-state index contributed by atoms with van der Waals surface area (Å²) < 4.78 is 21.3. The molecule has 0 saturated carbocycles. The number of rotatable bonds is 5. The van der Waals surface area contributed by atoms with Gasteiger partial charge in [-0.25, -0.2) is 13.9 Å². The fourth-order valence-electron chi connectivity index (χ4n) is 4.33. The molecule has 1 saturated heterocycles. The molecule has 1 N–H and O–H groups in total. The molecule has 0 bridgehead atoms. The Morgan fingerprint density at radius 2 is 1.85 bits per heavy atom. The normalized spacial score (nSPS) is 16.5. The van der Waals surface area contributed by atoms with Crippen molar-refractivity contribution in [3.05, 3.63) is 47.0 Å². The Morgan fingerprint density at radius 3 is 2.55 bits per heavy atom. The number of nitrogens with zero attached hydrogens (tertiary/aromatic N) is 4. The molecule has 4 rings (SSSR count). The molecule has 1 aliphatic heterocycles. The van der Waals surface area contributed by atoms with E-state index in [0.717, 1.165) is 43.6 Å². The van der Waals surface area contributed by atoms with Gasteiger partial charge < -0.3 is 15.0 Å². The van der Waals surface area contributed by atoms with Crippen molar-refractivity contribution in [3.63, 3.8) is 0 Å². The number of nitrogens with one attached hydrogen (secondary N) is 1. The van der Waals surface area contributed by atoms with E-state index < -0.39 is 5.60 Å². The van der Waals surface area contributed by atoms with Crippen molar-refractivity contribution in [3.8, 4) is 5.69 Å². The van der Waals surface area contributed by atoms with Gasteiger partial charge in [0.1, 0.15) is 17.1 Å². The molecule has 0 spiro atoms. The van der Waals surface area contributed by atoms with E-state index >= 15 is 0 Å². The smallest absolute Gasteiger partial charge is 0.410 e. The highest BCUT2D eigenvalue weighted by Gasteiger charge is 2.28. The molecule has 0 unspecified atom stereocenters. The SMILES string of the molecule is CC(C)(C)OC(=O)N1CCN(CCNC(=O)c2nn(-c3ccccc3F)c3c2CCC3)CC1. The molecule has 1 fully saturated rings. The number of piperazine rings is 1. The first-order chi connectivity index (χ1) is 15.7. The van der Waals surface area contributed by atoms with Gasteiger partial charge in [0, 0.05) is 50.5 Å². The molecule has 1 aliphatic carbocycles. The molecule has 0 radical (unpaired) electrons. The maximum atomic E-state index is 14.3. The second-order valence-electron chi connectivity index (χ2n) is 9.56. The predicted octanol–water partition coefficient (Wildman–Crippen LogP) is 2.78. The first-order valence-corrected chi connectivity index (χ1v) is 11.6. The van der Waals surface area contributed by atoms with E-state index in [-0.39, 0.29) is 17.8 Å². The van der Waals surface area contributed by atoms with E-state index in [1.807, 2.05) is 20.8 Å². The fourth-order valence-corrected chi connectivity index (χ4v) is 4.33. The van der Waals surface area contributed by atoms with E-state index in [4.69, 9.17) is 4.74 Å². The third-order valence-electron chi connectivity index (χ3n) is 5.96. The van der Waals surface area contributed by atoms with Crippen LogP contribution in [0.4, 0.5) is 9.18 Å². The molecule has 33 heavy (non-hydrogen) atoms. The van der Waals surface area contributed by atoms with Crippen molar-refractivity contribution in [2.24, 2.45) is 0 Å². The average molecular weight is 458 g/mol. The zero-order valence-electron chi connectivity index (χ0n) is 19.6. The third kappa shape index (κ3) is 5.35. The van der Waals surface area contributed by atoms with Gasteiger partial charge in [-0.15, -0.1) is 0 Å². The summed E-state index contributed by atoms with van der Waals surface area (Å²) in [6, 6.07) is 6.49. The molecule has 0 atom stereocenters. The Morgan fingerprint density at radius 1 is 1.12 bits per heavy atom.